The Morgan fingerprint density at radius 1 is 1.44 bits per heavy atom. The van der Waals surface area contributed by atoms with Gasteiger partial charge in [-0.25, -0.2) is 0 Å². The summed E-state index contributed by atoms with van der Waals surface area (Å²) in [6.45, 7) is 3.33. The Morgan fingerprint density at radius 3 is 2.72 bits per heavy atom. The van der Waals surface area contributed by atoms with Crippen molar-refractivity contribution in [2.45, 2.75) is 25.3 Å². The fraction of sp³-hybridized carbons (Fsp3) is 0.462. The third-order valence-corrected chi connectivity index (χ3v) is 3.52. The van der Waals surface area contributed by atoms with Crippen molar-refractivity contribution in [1.82, 2.24) is 5.32 Å². The summed E-state index contributed by atoms with van der Waals surface area (Å²) in [5.74, 6) is -0.202. The lowest BCUT2D eigenvalue weighted by atomic mass is 9.92. The smallest absolute Gasteiger partial charge is 0.251 e. The normalized spacial score (nSPS) is 18.3. The van der Waals surface area contributed by atoms with Crippen LogP contribution in [0.25, 0.3) is 0 Å². The molecule has 1 aliphatic rings. The molecule has 4 nitrogen and oxygen atoms in total. The van der Waals surface area contributed by atoms with E-state index in [4.69, 9.17) is 16.3 Å². The first-order chi connectivity index (χ1) is 8.50. The second kappa shape index (κ2) is 5.16. The number of benzene rings is 1. The van der Waals surface area contributed by atoms with Crippen LogP contribution in [-0.2, 0) is 4.74 Å². The maximum Gasteiger partial charge on any atom is 0.251 e. The van der Waals surface area contributed by atoms with Gasteiger partial charge in [-0.05, 0) is 38.0 Å². The average Bonchev–Trinajstić information content (AvgIpc) is 2.33. The maximum absolute atomic E-state index is 12.1. The summed E-state index contributed by atoms with van der Waals surface area (Å²) < 4.78 is 5.28. The Hall–Kier alpha value is -1.26. The van der Waals surface area contributed by atoms with E-state index in [1.165, 1.54) is 12.1 Å². The fourth-order valence-electron chi connectivity index (χ4n) is 1.94. The summed E-state index contributed by atoms with van der Waals surface area (Å²) in [5.41, 5.74) is 0.213. The van der Waals surface area contributed by atoms with E-state index in [0.717, 1.165) is 12.8 Å². The Kier molecular flexibility index (Phi) is 3.78. The highest BCUT2D eigenvalue weighted by molar-refractivity contribution is 6.32. The van der Waals surface area contributed by atoms with Crippen LogP contribution in [0, 0.1) is 0 Å². The van der Waals surface area contributed by atoms with Crippen LogP contribution in [0.5, 0.6) is 5.75 Å². The SMILES string of the molecule is CC1(NC(=O)c2ccc(O)c(Cl)c2)CCOCC1. The lowest BCUT2D eigenvalue weighted by molar-refractivity contribution is 0.0423. The number of phenols is 1. The summed E-state index contributed by atoms with van der Waals surface area (Å²) in [4.78, 5) is 12.1. The number of carbonyl (C=O) groups excluding carboxylic acids is 1. The number of hydrogen-bond acceptors (Lipinski definition) is 3. The van der Waals surface area contributed by atoms with Crippen molar-refractivity contribution in [1.29, 1.82) is 0 Å². The van der Waals surface area contributed by atoms with Crippen LogP contribution in [-0.4, -0.2) is 29.8 Å². The summed E-state index contributed by atoms with van der Waals surface area (Å²) in [7, 11) is 0. The van der Waals surface area contributed by atoms with Crippen LogP contribution < -0.4 is 5.32 Å². The first kappa shape index (κ1) is 13.2. The van der Waals surface area contributed by atoms with Crippen molar-refractivity contribution in [2.75, 3.05) is 13.2 Å². The van der Waals surface area contributed by atoms with Gasteiger partial charge in [0.2, 0.25) is 0 Å². The predicted octanol–water partition coefficient (Wildman–Crippen LogP) is 2.34. The van der Waals surface area contributed by atoms with Gasteiger partial charge in [0.1, 0.15) is 5.75 Å². The number of rotatable bonds is 2. The van der Waals surface area contributed by atoms with Gasteiger partial charge >= 0.3 is 0 Å². The van der Waals surface area contributed by atoms with E-state index in [1.54, 1.807) is 6.07 Å². The molecule has 0 spiro atoms. The molecule has 0 radical (unpaired) electrons. The Labute approximate surface area is 111 Å². The Balaban J connectivity index is 2.09. The molecule has 18 heavy (non-hydrogen) atoms. The zero-order valence-corrected chi connectivity index (χ0v) is 11.0. The van der Waals surface area contributed by atoms with Gasteiger partial charge in [0.15, 0.2) is 0 Å². The molecule has 1 aliphatic heterocycles. The molecular formula is C13H16ClNO3. The number of amides is 1. The van der Waals surface area contributed by atoms with Crippen LogP contribution in [0.1, 0.15) is 30.1 Å². The third-order valence-electron chi connectivity index (χ3n) is 3.22. The molecule has 1 heterocycles. The molecule has 0 atom stereocenters. The minimum absolute atomic E-state index is 0.0227. The van der Waals surface area contributed by atoms with E-state index >= 15 is 0 Å². The van der Waals surface area contributed by atoms with Gasteiger partial charge in [-0.1, -0.05) is 11.6 Å². The average molecular weight is 270 g/mol. The van der Waals surface area contributed by atoms with Gasteiger partial charge in [0, 0.05) is 24.3 Å². The molecule has 1 fully saturated rings. The molecule has 0 unspecified atom stereocenters. The summed E-state index contributed by atoms with van der Waals surface area (Å²) in [5, 5.41) is 12.5. The lowest BCUT2D eigenvalue weighted by Crippen LogP contribution is -2.49. The Bertz CT molecular complexity index is 456. The van der Waals surface area contributed by atoms with E-state index < -0.39 is 0 Å². The first-order valence-electron chi connectivity index (χ1n) is 5.89. The van der Waals surface area contributed by atoms with Crippen molar-refractivity contribution < 1.29 is 14.6 Å². The number of ether oxygens (including phenoxy) is 1. The summed E-state index contributed by atoms with van der Waals surface area (Å²) in [6, 6.07) is 4.44. The highest BCUT2D eigenvalue weighted by atomic mass is 35.5. The second-order valence-corrected chi connectivity index (χ2v) is 5.20. The molecule has 0 aromatic heterocycles. The topological polar surface area (TPSA) is 58.6 Å². The quantitative estimate of drug-likeness (QED) is 0.866. The molecule has 5 heteroatoms. The molecule has 98 valence electrons. The lowest BCUT2D eigenvalue weighted by Gasteiger charge is -2.34. The molecule has 1 aromatic carbocycles. The molecule has 1 aromatic rings. The van der Waals surface area contributed by atoms with Crippen LogP contribution in [0.2, 0.25) is 5.02 Å². The first-order valence-corrected chi connectivity index (χ1v) is 6.27. The molecule has 1 saturated heterocycles. The fourth-order valence-corrected chi connectivity index (χ4v) is 2.12. The van der Waals surface area contributed by atoms with Crippen molar-refractivity contribution >= 4 is 17.5 Å². The number of carbonyl (C=O) groups is 1. The van der Waals surface area contributed by atoms with Gasteiger partial charge in [0.25, 0.3) is 5.91 Å². The zero-order chi connectivity index (χ0) is 13.2. The predicted molar refractivity (Wildman–Crippen MR) is 69.0 cm³/mol. The maximum atomic E-state index is 12.1. The van der Waals surface area contributed by atoms with Crippen molar-refractivity contribution in [2.24, 2.45) is 0 Å². The van der Waals surface area contributed by atoms with Crippen molar-refractivity contribution in [3.05, 3.63) is 28.8 Å². The van der Waals surface area contributed by atoms with Crippen LogP contribution in [0.3, 0.4) is 0 Å². The standard InChI is InChI=1S/C13H16ClNO3/c1-13(4-6-18-7-5-13)15-12(17)9-2-3-11(16)10(14)8-9/h2-3,8,16H,4-7H2,1H3,(H,15,17). The van der Waals surface area contributed by atoms with Crippen LogP contribution in [0.4, 0.5) is 0 Å². The number of aromatic hydroxyl groups is 1. The van der Waals surface area contributed by atoms with Crippen molar-refractivity contribution in [3.8, 4) is 5.75 Å². The number of hydrogen-bond donors (Lipinski definition) is 2. The van der Waals surface area contributed by atoms with E-state index in [1.807, 2.05) is 6.92 Å². The zero-order valence-electron chi connectivity index (χ0n) is 10.2. The van der Waals surface area contributed by atoms with Crippen LogP contribution >= 0.6 is 11.6 Å². The largest absolute Gasteiger partial charge is 0.506 e. The summed E-state index contributed by atoms with van der Waals surface area (Å²) in [6.07, 6.45) is 1.59. The molecule has 1 amide bonds. The third kappa shape index (κ3) is 2.94. The van der Waals surface area contributed by atoms with Gasteiger partial charge in [-0.15, -0.1) is 0 Å². The van der Waals surface area contributed by atoms with E-state index in [9.17, 15) is 9.90 Å². The molecular weight excluding hydrogens is 254 g/mol. The number of phenolic OH excluding ortho intramolecular Hbond substituents is 1. The van der Waals surface area contributed by atoms with Crippen LogP contribution in [0.15, 0.2) is 18.2 Å². The monoisotopic (exact) mass is 269 g/mol. The van der Waals surface area contributed by atoms with E-state index in [2.05, 4.69) is 5.32 Å². The molecule has 0 saturated carbocycles. The van der Waals surface area contributed by atoms with Gasteiger partial charge in [-0.3, -0.25) is 4.79 Å². The highest BCUT2D eigenvalue weighted by Gasteiger charge is 2.29. The van der Waals surface area contributed by atoms with Gasteiger partial charge in [-0.2, -0.15) is 0 Å². The Morgan fingerprint density at radius 2 is 2.11 bits per heavy atom. The van der Waals surface area contributed by atoms with Gasteiger partial charge < -0.3 is 15.2 Å². The van der Waals surface area contributed by atoms with Crippen molar-refractivity contribution in [3.63, 3.8) is 0 Å². The van der Waals surface area contributed by atoms with E-state index in [-0.39, 0.29) is 22.2 Å². The summed E-state index contributed by atoms with van der Waals surface area (Å²) >= 11 is 5.79. The van der Waals surface area contributed by atoms with E-state index in [0.29, 0.717) is 18.8 Å². The molecule has 0 bridgehead atoms. The van der Waals surface area contributed by atoms with Gasteiger partial charge in [0.05, 0.1) is 5.02 Å². The minimum Gasteiger partial charge on any atom is -0.506 e. The molecule has 0 aliphatic carbocycles. The minimum atomic E-state index is -0.236. The molecule has 2 rings (SSSR count). The number of nitrogens with one attached hydrogen (secondary N) is 1. The second-order valence-electron chi connectivity index (χ2n) is 4.79. The highest BCUT2D eigenvalue weighted by Crippen LogP contribution is 2.25. The molecule has 2 N–H and O–H groups in total. The number of halogens is 1.